The van der Waals surface area contributed by atoms with Crippen LogP contribution in [0, 0.1) is 0 Å². The van der Waals surface area contributed by atoms with E-state index in [2.05, 4.69) is 0 Å². The molecule has 0 aliphatic carbocycles. The summed E-state index contributed by atoms with van der Waals surface area (Å²) in [6.07, 6.45) is 0. The van der Waals surface area contributed by atoms with Crippen molar-refractivity contribution in [2.75, 3.05) is 0 Å². The molecule has 0 rings (SSSR count). The molecule has 0 bridgehead atoms. The minimum absolute atomic E-state index is 0. The van der Waals surface area contributed by atoms with Gasteiger partial charge < -0.3 is 54.0 Å². The standard InChI is InChI=1S/Cd.Hg.4S/q2*+2;4*-2. The van der Waals surface area contributed by atoms with Crippen LogP contribution in [0.1, 0.15) is 0 Å². The summed E-state index contributed by atoms with van der Waals surface area (Å²) in [5.41, 5.74) is 0. The molecule has 0 saturated carbocycles. The van der Waals surface area contributed by atoms with Gasteiger partial charge in [-0.25, -0.2) is 0 Å². The second kappa shape index (κ2) is 41.0. The van der Waals surface area contributed by atoms with E-state index in [9.17, 15) is 0 Å². The van der Waals surface area contributed by atoms with Crippen LogP contribution in [0.25, 0.3) is 0 Å². The molecule has 0 N–H and O–H groups in total. The summed E-state index contributed by atoms with van der Waals surface area (Å²) in [6, 6.07) is 0. The third-order valence-corrected chi connectivity index (χ3v) is 0. The van der Waals surface area contributed by atoms with Gasteiger partial charge in [0, 0.05) is 0 Å². The smallest absolute Gasteiger partial charge is 2.00 e. The van der Waals surface area contributed by atoms with Gasteiger partial charge in [0.15, 0.2) is 0 Å². The molecular weight excluding hydrogens is 441 g/mol. The second-order valence-electron chi connectivity index (χ2n) is 0. The van der Waals surface area contributed by atoms with Crippen molar-refractivity contribution < 1.29 is 55.0 Å². The fourth-order valence-corrected chi connectivity index (χ4v) is 0. The predicted molar refractivity (Wildman–Crippen MR) is 29.5 cm³/mol. The molecule has 0 fully saturated rings. The van der Waals surface area contributed by atoms with Crippen LogP contribution in [0.4, 0.5) is 0 Å². The van der Waals surface area contributed by atoms with Gasteiger partial charge in [0.2, 0.25) is 0 Å². The van der Waals surface area contributed by atoms with Gasteiger partial charge in [0.1, 0.15) is 0 Å². The van der Waals surface area contributed by atoms with E-state index in [0.29, 0.717) is 0 Å². The van der Waals surface area contributed by atoms with Gasteiger partial charge >= 0.3 is 55.0 Å². The summed E-state index contributed by atoms with van der Waals surface area (Å²) < 4.78 is 0. The van der Waals surface area contributed by atoms with Gasteiger partial charge in [0.25, 0.3) is 0 Å². The van der Waals surface area contributed by atoms with Gasteiger partial charge in [-0.2, -0.15) is 0 Å². The predicted octanol–water partition coefficient (Wildman–Crippen LogP) is -0.0146. The molecule has 0 radical (unpaired) electrons. The topological polar surface area (TPSA) is 0 Å². The van der Waals surface area contributed by atoms with E-state index < -0.39 is 0 Å². The molecule has 0 atom stereocenters. The molecular formula is CdHgS4-4. The van der Waals surface area contributed by atoms with Crippen LogP contribution < -0.4 is 0 Å². The Bertz CT molecular complexity index is 7.51. The van der Waals surface area contributed by atoms with Crippen LogP contribution in [-0.4, -0.2) is 0 Å². The van der Waals surface area contributed by atoms with Gasteiger partial charge in [-0.1, -0.05) is 0 Å². The molecule has 0 amide bonds. The van der Waals surface area contributed by atoms with Crippen molar-refractivity contribution in [3.05, 3.63) is 0 Å². The Morgan fingerprint density at radius 1 is 0.500 bits per heavy atom. The Balaban J connectivity index is 0. The molecule has 6 heavy (non-hydrogen) atoms. The van der Waals surface area contributed by atoms with E-state index in [-0.39, 0.29) is 109 Å². The van der Waals surface area contributed by atoms with E-state index in [1.807, 2.05) is 0 Å². The average molecular weight is 441 g/mol. The molecule has 0 aromatic rings. The first-order valence-corrected chi connectivity index (χ1v) is 0. The number of hydrogen-bond donors (Lipinski definition) is 0. The second-order valence-corrected chi connectivity index (χ2v) is 0. The minimum atomic E-state index is 0. The third-order valence-electron chi connectivity index (χ3n) is 0. The summed E-state index contributed by atoms with van der Waals surface area (Å²) in [7, 11) is 0. The van der Waals surface area contributed by atoms with Crippen molar-refractivity contribution >= 4 is 54.0 Å². The van der Waals surface area contributed by atoms with Crippen molar-refractivity contribution in [1.29, 1.82) is 0 Å². The average Bonchev–Trinajstić information content (AvgIpc) is 0. The van der Waals surface area contributed by atoms with Crippen LogP contribution in [0.15, 0.2) is 0 Å². The fraction of sp³-hybridized carbons (Fsp3) is 0. The monoisotopic (exact) mass is 444 g/mol. The first-order valence-electron chi connectivity index (χ1n) is 0. The molecule has 0 aliphatic heterocycles. The van der Waals surface area contributed by atoms with Crippen LogP contribution in [-0.2, 0) is 109 Å². The Hall–Kier alpha value is 3.26. The summed E-state index contributed by atoms with van der Waals surface area (Å²) in [5, 5.41) is 0. The zero-order valence-electron chi connectivity index (χ0n) is 3.05. The van der Waals surface area contributed by atoms with E-state index in [0.717, 1.165) is 0 Å². The molecule has 6 heteroatoms. The van der Waals surface area contributed by atoms with E-state index in [1.165, 1.54) is 0 Å². The van der Waals surface area contributed by atoms with Crippen LogP contribution >= 0.6 is 0 Å². The van der Waals surface area contributed by atoms with Gasteiger partial charge in [0.05, 0.1) is 0 Å². The Labute approximate surface area is 107 Å². The fourth-order valence-electron chi connectivity index (χ4n) is 0. The van der Waals surface area contributed by atoms with Crippen molar-refractivity contribution in [2.45, 2.75) is 0 Å². The molecule has 0 unspecified atom stereocenters. The number of rotatable bonds is 0. The minimum Gasteiger partial charge on any atom is -2.00 e. The van der Waals surface area contributed by atoms with Crippen molar-refractivity contribution in [3.63, 3.8) is 0 Å². The van der Waals surface area contributed by atoms with E-state index in [1.54, 1.807) is 0 Å². The van der Waals surface area contributed by atoms with Crippen LogP contribution in [0.3, 0.4) is 0 Å². The quantitative estimate of drug-likeness (QED) is 0.464. The largest absolute Gasteiger partial charge is 2.00 e. The Morgan fingerprint density at radius 2 is 0.500 bits per heavy atom. The normalized spacial score (nSPS) is 0. The summed E-state index contributed by atoms with van der Waals surface area (Å²) in [6.45, 7) is 0. The molecule has 32 valence electrons. The van der Waals surface area contributed by atoms with E-state index >= 15 is 0 Å². The molecule has 0 spiro atoms. The number of hydrogen-bond acceptors (Lipinski definition) is 0. The first kappa shape index (κ1) is 59.5. The zero-order chi connectivity index (χ0) is 0. The van der Waals surface area contributed by atoms with Gasteiger partial charge in [-0.15, -0.1) is 0 Å². The molecule has 0 aromatic heterocycles. The van der Waals surface area contributed by atoms with Gasteiger partial charge in [-0.3, -0.25) is 0 Å². The molecule has 0 aliphatic rings. The van der Waals surface area contributed by atoms with Crippen molar-refractivity contribution in [1.82, 2.24) is 0 Å². The summed E-state index contributed by atoms with van der Waals surface area (Å²) >= 11 is 0. The summed E-state index contributed by atoms with van der Waals surface area (Å²) in [5.74, 6) is 0. The van der Waals surface area contributed by atoms with Crippen LogP contribution in [0.5, 0.6) is 0 Å². The maximum Gasteiger partial charge on any atom is 2.00 e. The first-order chi connectivity index (χ1) is 0. The van der Waals surface area contributed by atoms with Crippen LogP contribution in [0.2, 0.25) is 0 Å². The van der Waals surface area contributed by atoms with Gasteiger partial charge in [-0.05, 0) is 0 Å². The third kappa shape index (κ3) is 26.8. The Kier molecular flexibility index (Phi) is 406. The molecule has 0 heterocycles. The zero-order valence-corrected chi connectivity index (χ0v) is 15.8. The maximum atomic E-state index is 0. The van der Waals surface area contributed by atoms with E-state index in [4.69, 9.17) is 0 Å². The summed E-state index contributed by atoms with van der Waals surface area (Å²) in [4.78, 5) is 0. The molecule has 0 nitrogen and oxygen atoms in total. The van der Waals surface area contributed by atoms with Crippen molar-refractivity contribution in [2.24, 2.45) is 0 Å². The maximum absolute atomic E-state index is 0. The Morgan fingerprint density at radius 3 is 0.500 bits per heavy atom. The SMILES string of the molecule is [Cd+2].[Hg+2].[S-2].[S-2].[S-2].[S-2]. The van der Waals surface area contributed by atoms with Crippen molar-refractivity contribution in [3.8, 4) is 0 Å². The molecule has 0 saturated heterocycles. The molecule has 0 aromatic carbocycles.